The van der Waals surface area contributed by atoms with Gasteiger partial charge in [-0.15, -0.1) is 0 Å². The summed E-state index contributed by atoms with van der Waals surface area (Å²) >= 11 is 0. The minimum Gasteiger partial charge on any atom is -0.372 e. The van der Waals surface area contributed by atoms with Gasteiger partial charge >= 0.3 is 0 Å². The first-order valence-corrected chi connectivity index (χ1v) is 9.48. The minimum atomic E-state index is -0.126. The Balaban J connectivity index is 1.60. The minimum absolute atomic E-state index is 0.126. The van der Waals surface area contributed by atoms with Crippen LogP contribution in [0, 0.1) is 5.92 Å². The van der Waals surface area contributed by atoms with E-state index in [0.29, 0.717) is 18.2 Å². The summed E-state index contributed by atoms with van der Waals surface area (Å²) in [5.74, 6) is 0.443. The van der Waals surface area contributed by atoms with Crippen LogP contribution in [-0.4, -0.2) is 30.5 Å². The average Bonchev–Trinajstić information content (AvgIpc) is 3.17. The molecular formula is C21H28N4O. The molecule has 1 aromatic heterocycles. The van der Waals surface area contributed by atoms with E-state index in [4.69, 9.17) is 0 Å². The van der Waals surface area contributed by atoms with E-state index in [1.165, 1.54) is 18.5 Å². The third-order valence-electron chi connectivity index (χ3n) is 4.63. The molecule has 0 saturated carbocycles. The molecule has 1 amide bonds. The molecule has 2 aromatic rings. The molecule has 0 radical (unpaired) electrons. The Morgan fingerprint density at radius 2 is 1.85 bits per heavy atom. The van der Waals surface area contributed by atoms with Gasteiger partial charge < -0.3 is 15.5 Å². The van der Waals surface area contributed by atoms with Crippen molar-refractivity contribution in [2.75, 3.05) is 29.9 Å². The van der Waals surface area contributed by atoms with Crippen LogP contribution in [0.1, 0.15) is 43.6 Å². The zero-order chi connectivity index (χ0) is 18.4. The second-order valence-corrected chi connectivity index (χ2v) is 7.23. The van der Waals surface area contributed by atoms with E-state index < -0.39 is 0 Å². The van der Waals surface area contributed by atoms with E-state index in [1.54, 1.807) is 12.3 Å². The first kappa shape index (κ1) is 18.2. The van der Waals surface area contributed by atoms with Crippen LogP contribution >= 0.6 is 0 Å². The molecule has 1 aliphatic rings. The lowest BCUT2D eigenvalue weighted by Gasteiger charge is -2.18. The molecule has 26 heavy (non-hydrogen) atoms. The first-order valence-electron chi connectivity index (χ1n) is 9.48. The highest BCUT2D eigenvalue weighted by molar-refractivity contribution is 5.93. The summed E-state index contributed by atoms with van der Waals surface area (Å²) in [6.07, 6.45) is 5.18. The van der Waals surface area contributed by atoms with Crippen LogP contribution in [0.3, 0.4) is 0 Å². The van der Waals surface area contributed by atoms with Crippen molar-refractivity contribution in [2.24, 2.45) is 5.92 Å². The first-order chi connectivity index (χ1) is 12.6. The molecule has 1 fully saturated rings. The van der Waals surface area contributed by atoms with Gasteiger partial charge in [-0.3, -0.25) is 9.78 Å². The van der Waals surface area contributed by atoms with Gasteiger partial charge in [0.1, 0.15) is 5.69 Å². The number of nitrogens with one attached hydrogen (secondary N) is 2. The van der Waals surface area contributed by atoms with Crippen LogP contribution in [0.2, 0.25) is 0 Å². The van der Waals surface area contributed by atoms with Crippen LogP contribution in [0.25, 0.3) is 0 Å². The average molecular weight is 352 g/mol. The number of benzene rings is 1. The quantitative estimate of drug-likeness (QED) is 0.784. The van der Waals surface area contributed by atoms with E-state index >= 15 is 0 Å². The van der Waals surface area contributed by atoms with Crippen molar-refractivity contribution >= 4 is 23.0 Å². The van der Waals surface area contributed by atoms with Crippen molar-refractivity contribution in [3.8, 4) is 0 Å². The van der Waals surface area contributed by atoms with E-state index in [9.17, 15) is 4.79 Å². The van der Waals surface area contributed by atoms with Gasteiger partial charge in [0.15, 0.2) is 0 Å². The van der Waals surface area contributed by atoms with Crippen LogP contribution in [-0.2, 0) is 0 Å². The highest BCUT2D eigenvalue weighted by atomic mass is 16.1. The van der Waals surface area contributed by atoms with Crippen LogP contribution in [0.4, 0.5) is 17.1 Å². The van der Waals surface area contributed by atoms with Gasteiger partial charge in [0.25, 0.3) is 5.91 Å². The number of carbonyl (C=O) groups is 1. The Morgan fingerprint density at radius 1 is 1.12 bits per heavy atom. The van der Waals surface area contributed by atoms with Gasteiger partial charge in [0.2, 0.25) is 0 Å². The fourth-order valence-corrected chi connectivity index (χ4v) is 3.09. The van der Waals surface area contributed by atoms with Gasteiger partial charge in [0, 0.05) is 42.9 Å². The van der Waals surface area contributed by atoms with Crippen molar-refractivity contribution in [3.05, 3.63) is 48.3 Å². The fraction of sp³-hybridized carbons (Fsp3) is 0.429. The molecule has 5 nitrogen and oxygen atoms in total. The van der Waals surface area contributed by atoms with Gasteiger partial charge in [-0.2, -0.15) is 0 Å². The van der Waals surface area contributed by atoms with Crippen molar-refractivity contribution in [1.82, 2.24) is 10.3 Å². The lowest BCUT2D eigenvalue weighted by molar-refractivity contribution is 0.0947. The lowest BCUT2D eigenvalue weighted by atomic mass is 10.1. The predicted octanol–water partition coefficient (Wildman–Crippen LogP) is 4.20. The standard InChI is InChI=1S/C21H28N4O/c1-16(2)9-11-23-21(26)20-15-18(10-12-22-20)24-17-5-7-19(8-6-17)25-13-3-4-14-25/h5-8,10,12,15-16H,3-4,9,11,13-14H2,1-2H3,(H,22,24)(H,23,26). The number of pyridine rings is 1. The third kappa shape index (κ3) is 4.97. The number of hydrogen-bond donors (Lipinski definition) is 2. The Morgan fingerprint density at radius 3 is 2.54 bits per heavy atom. The number of rotatable bonds is 7. The molecule has 0 bridgehead atoms. The summed E-state index contributed by atoms with van der Waals surface area (Å²) in [6.45, 7) is 7.25. The lowest BCUT2D eigenvalue weighted by Crippen LogP contribution is -2.26. The van der Waals surface area contributed by atoms with E-state index in [0.717, 1.165) is 30.9 Å². The van der Waals surface area contributed by atoms with Crippen molar-refractivity contribution < 1.29 is 4.79 Å². The van der Waals surface area contributed by atoms with Crippen molar-refractivity contribution in [1.29, 1.82) is 0 Å². The Bertz CT molecular complexity index is 721. The molecule has 1 saturated heterocycles. The van der Waals surface area contributed by atoms with Crippen LogP contribution < -0.4 is 15.5 Å². The molecule has 0 unspecified atom stereocenters. The monoisotopic (exact) mass is 352 g/mol. The molecule has 2 heterocycles. The number of amides is 1. The summed E-state index contributed by atoms with van der Waals surface area (Å²) in [6, 6.07) is 12.1. The Hall–Kier alpha value is -2.56. The molecular weight excluding hydrogens is 324 g/mol. The zero-order valence-electron chi connectivity index (χ0n) is 15.7. The summed E-state index contributed by atoms with van der Waals surface area (Å²) in [5, 5.41) is 6.28. The van der Waals surface area contributed by atoms with Gasteiger partial charge in [-0.1, -0.05) is 13.8 Å². The maximum Gasteiger partial charge on any atom is 0.269 e. The molecule has 1 aliphatic heterocycles. The molecule has 0 aliphatic carbocycles. The third-order valence-corrected chi connectivity index (χ3v) is 4.63. The van der Waals surface area contributed by atoms with E-state index in [2.05, 4.69) is 58.6 Å². The highest BCUT2D eigenvalue weighted by Gasteiger charge is 2.12. The summed E-state index contributed by atoms with van der Waals surface area (Å²) in [4.78, 5) is 18.8. The number of carbonyl (C=O) groups excluding carboxylic acids is 1. The van der Waals surface area contributed by atoms with E-state index in [-0.39, 0.29) is 5.91 Å². The zero-order valence-corrected chi connectivity index (χ0v) is 15.7. The summed E-state index contributed by atoms with van der Waals surface area (Å²) < 4.78 is 0. The smallest absolute Gasteiger partial charge is 0.269 e. The molecule has 2 N–H and O–H groups in total. The maximum atomic E-state index is 12.2. The molecule has 1 aromatic carbocycles. The van der Waals surface area contributed by atoms with Gasteiger partial charge in [0.05, 0.1) is 0 Å². The predicted molar refractivity (Wildman–Crippen MR) is 107 cm³/mol. The second kappa shape index (κ2) is 8.70. The SMILES string of the molecule is CC(C)CCNC(=O)c1cc(Nc2ccc(N3CCCC3)cc2)ccn1. The maximum absolute atomic E-state index is 12.2. The normalized spacial score (nSPS) is 13.9. The largest absolute Gasteiger partial charge is 0.372 e. The second-order valence-electron chi connectivity index (χ2n) is 7.23. The number of anilines is 3. The van der Waals surface area contributed by atoms with Gasteiger partial charge in [-0.05, 0) is 61.6 Å². The molecule has 3 rings (SSSR count). The van der Waals surface area contributed by atoms with E-state index in [1.807, 2.05) is 6.07 Å². The Labute approximate surface area is 155 Å². The number of hydrogen-bond acceptors (Lipinski definition) is 4. The highest BCUT2D eigenvalue weighted by Crippen LogP contribution is 2.24. The molecule has 0 atom stereocenters. The Kier molecular flexibility index (Phi) is 6.10. The van der Waals surface area contributed by atoms with Gasteiger partial charge in [-0.25, -0.2) is 0 Å². The van der Waals surface area contributed by atoms with Crippen molar-refractivity contribution in [3.63, 3.8) is 0 Å². The number of aromatic nitrogens is 1. The van der Waals surface area contributed by atoms with Crippen molar-refractivity contribution in [2.45, 2.75) is 33.1 Å². The molecule has 0 spiro atoms. The molecule has 5 heteroatoms. The topological polar surface area (TPSA) is 57.3 Å². The fourth-order valence-electron chi connectivity index (χ4n) is 3.09. The number of nitrogens with zero attached hydrogens (tertiary/aromatic N) is 2. The molecule has 138 valence electrons. The summed E-state index contributed by atoms with van der Waals surface area (Å²) in [7, 11) is 0. The van der Waals surface area contributed by atoms with Crippen LogP contribution in [0.15, 0.2) is 42.6 Å². The summed E-state index contributed by atoms with van der Waals surface area (Å²) in [5.41, 5.74) is 3.58. The van der Waals surface area contributed by atoms with Crippen LogP contribution in [0.5, 0.6) is 0 Å².